The number of rotatable bonds is 4. The third-order valence-corrected chi connectivity index (χ3v) is 3.84. The minimum absolute atomic E-state index is 0.0370. The summed E-state index contributed by atoms with van der Waals surface area (Å²) in [7, 11) is 0. The van der Waals surface area contributed by atoms with Crippen LogP contribution in [0.2, 0.25) is 0 Å². The molecule has 1 atom stereocenters. The van der Waals surface area contributed by atoms with Gasteiger partial charge in [-0.2, -0.15) is 0 Å². The van der Waals surface area contributed by atoms with Gasteiger partial charge in [-0.25, -0.2) is 4.79 Å². The van der Waals surface area contributed by atoms with Gasteiger partial charge in [0, 0.05) is 17.9 Å². The molecule has 1 unspecified atom stereocenters. The Kier molecular flexibility index (Phi) is 4.09. The molecule has 1 aliphatic rings. The summed E-state index contributed by atoms with van der Waals surface area (Å²) in [5.41, 5.74) is 0.223. The Bertz CT molecular complexity index is 785. The van der Waals surface area contributed by atoms with E-state index in [0.717, 1.165) is 24.6 Å². The summed E-state index contributed by atoms with van der Waals surface area (Å²) in [5, 5.41) is 0.725. The molecule has 4 nitrogen and oxygen atoms in total. The van der Waals surface area contributed by atoms with E-state index in [1.165, 1.54) is 6.07 Å². The van der Waals surface area contributed by atoms with Gasteiger partial charge in [-0.15, -0.1) is 0 Å². The Morgan fingerprint density at radius 2 is 2.14 bits per heavy atom. The molecule has 0 saturated carbocycles. The first-order valence-electron chi connectivity index (χ1n) is 7.62. The van der Waals surface area contributed by atoms with Crippen LogP contribution in [0.15, 0.2) is 45.6 Å². The molecule has 0 spiro atoms. The summed E-state index contributed by atoms with van der Waals surface area (Å²) >= 11 is 0. The average molecular weight is 298 g/mol. The van der Waals surface area contributed by atoms with Gasteiger partial charge in [0.25, 0.3) is 0 Å². The largest absolute Gasteiger partial charge is 0.485 e. The molecule has 0 bridgehead atoms. The molecule has 1 aromatic heterocycles. The number of ketones is 1. The van der Waals surface area contributed by atoms with E-state index in [9.17, 15) is 9.59 Å². The molecule has 1 heterocycles. The fourth-order valence-corrected chi connectivity index (χ4v) is 2.70. The standard InChI is InChI=1S/C18H18O4/c1-2-14(19)17-15(21-13-6-4-3-5-7-13)10-8-12-9-11-16(20)22-18(12)17/h4,6,8-11,13H,2-3,5,7H2,1H3. The highest BCUT2D eigenvalue weighted by atomic mass is 16.5. The summed E-state index contributed by atoms with van der Waals surface area (Å²) in [6.07, 6.45) is 7.46. The van der Waals surface area contributed by atoms with Crippen LogP contribution in [0, 0.1) is 0 Å². The first-order chi connectivity index (χ1) is 10.7. The van der Waals surface area contributed by atoms with Gasteiger partial charge >= 0.3 is 5.63 Å². The lowest BCUT2D eigenvalue weighted by Gasteiger charge is -2.20. The quantitative estimate of drug-likeness (QED) is 0.488. The van der Waals surface area contributed by atoms with Crippen LogP contribution in [-0.2, 0) is 0 Å². The minimum atomic E-state index is -0.465. The second kappa shape index (κ2) is 6.18. The Labute approximate surface area is 128 Å². The van der Waals surface area contributed by atoms with Crippen molar-refractivity contribution in [3.8, 4) is 5.75 Å². The highest BCUT2D eigenvalue weighted by Gasteiger charge is 2.20. The van der Waals surface area contributed by atoms with Crippen LogP contribution in [0.1, 0.15) is 43.0 Å². The molecule has 22 heavy (non-hydrogen) atoms. The second-order valence-electron chi connectivity index (χ2n) is 5.40. The van der Waals surface area contributed by atoms with Crippen molar-refractivity contribution in [2.24, 2.45) is 0 Å². The van der Waals surface area contributed by atoms with Gasteiger partial charge < -0.3 is 9.15 Å². The monoisotopic (exact) mass is 298 g/mol. The molecule has 4 heteroatoms. The predicted octanol–water partition coefficient (Wildman–Crippen LogP) is 3.87. The number of fused-ring (bicyclic) bond motifs is 1. The zero-order chi connectivity index (χ0) is 15.5. The molecule has 1 aliphatic carbocycles. The number of Topliss-reactive ketones (excluding diaryl/α,β-unsaturated/α-hetero) is 1. The van der Waals surface area contributed by atoms with E-state index in [1.54, 1.807) is 19.1 Å². The second-order valence-corrected chi connectivity index (χ2v) is 5.40. The van der Waals surface area contributed by atoms with Crippen molar-refractivity contribution < 1.29 is 13.9 Å². The van der Waals surface area contributed by atoms with Crippen molar-refractivity contribution in [1.82, 2.24) is 0 Å². The number of carbonyl (C=O) groups excluding carboxylic acids is 1. The van der Waals surface area contributed by atoms with E-state index >= 15 is 0 Å². The van der Waals surface area contributed by atoms with E-state index in [-0.39, 0.29) is 11.9 Å². The predicted molar refractivity (Wildman–Crippen MR) is 84.5 cm³/mol. The van der Waals surface area contributed by atoms with Crippen molar-refractivity contribution in [1.29, 1.82) is 0 Å². The van der Waals surface area contributed by atoms with Crippen molar-refractivity contribution in [2.45, 2.75) is 38.7 Å². The molecule has 0 N–H and O–H groups in total. The zero-order valence-corrected chi connectivity index (χ0v) is 12.5. The van der Waals surface area contributed by atoms with Crippen LogP contribution in [0.3, 0.4) is 0 Å². The van der Waals surface area contributed by atoms with Gasteiger partial charge in [-0.1, -0.05) is 13.0 Å². The minimum Gasteiger partial charge on any atom is -0.485 e. The number of hydrogen-bond acceptors (Lipinski definition) is 4. The average Bonchev–Trinajstić information content (AvgIpc) is 2.55. The van der Waals surface area contributed by atoms with E-state index in [2.05, 4.69) is 6.08 Å². The van der Waals surface area contributed by atoms with E-state index in [4.69, 9.17) is 9.15 Å². The van der Waals surface area contributed by atoms with Crippen molar-refractivity contribution in [3.05, 3.63) is 52.4 Å². The van der Waals surface area contributed by atoms with Crippen LogP contribution in [0.25, 0.3) is 11.0 Å². The Balaban J connectivity index is 2.11. The van der Waals surface area contributed by atoms with Crippen LogP contribution < -0.4 is 10.4 Å². The molecule has 0 radical (unpaired) electrons. The summed E-state index contributed by atoms with van der Waals surface area (Å²) in [4.78, 5) is 23.9. The smallest absolute Gasteiger partial charge is 0.336 e. The van der Waals surface area contributed by atoms with Gasteiger partial charge in [-0.3, -0.25) is 4.79 Å². The first kappa shape index (κ1) is 14.6. The van der Waals surface area contributed by atoms with Crippen LogP contribution >= 0.6 is 0 Å². The lowest BCUT2D eigenvalue weighted by molar-refractivity contribution is 0.0982. The SMILES string of the molecule is CCC(=O)c1c(OC2C=CCCC2)ccc2ccc(=O)oc12. The molecule has 2 aromatic rings. The molecular weight excluding hydrogens is 280 g/mol. The highest BCUT2D eigenvalue weighted by molar-refractivity contribution is 6.08. The van der Waals surface area contributed by atoms with Crippen LogP contribution in [0.4, 0.5) is 0 Å². The van der Waals surface area contributed by atoms with Gasteiger partial charge in [0.05, 0.1) is 0 Å². The van der Waals surface area contributed by atoms with Gasteiger partial charge in [0.1, 0.15) is 17.4 Å². The molecule has 0 fully saturated rings. The van der Waals surface area contributed by atoms with Gasteiger partial charge in [0.2, 0.25) is 0 Å². The van der Waals surface area contributed by atoms with Crippen molar-refractivity contribution >= 4 is 16.8 Å². The maximum atomic E-state index is 12.3. The van der Waals surface area contributed by atoms with Crippen molar-refractivity contribution in [2.75, 3.05) is 0 Å². The summed E-state index contributed by atoms with van der Waals surface area (Å²) in [6, 6.07) is 6.62. The number of benzene rings is 1. The van der Waals surface area contributed by atoms with Crippen molar-refractivity contribution in [3.63, 3.8) is 0 Å². The maximum Gasteiger partial charge on any atom is 0.336 e. The topological polar surface area (TPSA) is 56.5 Å². The van der Waals surface area contributed by atoms with Gasteiger partial charge in [0.15, 0.2) is 11.4 Å². The summed E-state index contributed by atoms with van der Waals surface area (Å²) < 4.78 is 11.3. The third kappa shape index (κ3) is 2.82. The number of hydrogen-bond donors (Lipinski definition) is 0. The summed E-state index contributed by atoms with van der Waals surface area (Å²) in [6.45, 7) is 1.78. The van der Waals surface area contributed by atoms with Crippen LogP contribution in [-0.4, -0.2) is 11.9 Å². The fourth-order valence-electron chi connectivity index (χ4n) is 2.70. The van der Waals surface area contributed by atoms with Crippen LogP contribution in [0.5, 0.6) is 5.75 Å². The molecule has 3 rings (SSSR count). The molecule has 114 valence electrons. The normalized spacial score (nSPS) is 17.6. The highest BCUT2D eigenvalue weighted by Crippen LogP contribution is 2.30. The van der Waals surface area contributed by atoms with E-state index in [0.29, 0.717) is 23.3 Å². The Hall–Kier alpha value is -2.36. The Morgan fingerprint density at radius 3 is 2.86 bits per heavy atom. The molecule has 0 saturated heterocycles. The lowest BCUT2D eigenvalue weighted by Crippen LogP contribution is -2.17. The van der Waals surface area contributed by atoms with E-state index < -0.39 is 5.63 Å². The number of allylic oxidation sites excluding steroid dienone is 1. The van der Waals surface area contributed by atoms with E-state index in [1.807, 2.05) is 12.1 Å². The van der Waals surface area contributed by atoms with Gasteiger partial charge in [-0.05, 0) is 43.5 Å². The summed E-state index contributed by atoms with van der Waals surface area (Å²) in [5.74, 6) is 0.403. The molecule has 0 aliphatic heterocycles. The fraction of sp³-hybridized carbons (Fsp3) is 0.333. The molecule has 0 amide bonds. The first-order valence-corrected chi connectivity index (χ1v) is 7.62. The Morgan fingerprint density at radius 1 is 1.32 bits per heavy atom. The maximum absolute atomic E-state index is 12.3. The number of ether oxygens (including phenoxy) is 1. The zero-order valence-electron chi connectivity index (χ0n) is 12.5. The lowest BCUT2D eigenvalue weighted by atomic mass is 10.0. The molecular formula is C18H18O4. The number of carbonyl (C=O) groups is 1. The molecule has 1 aromatic carbocycles. The third-order valence-electron chi connectivity index (χ3n) is 3.84.